The van der Waals surface area contributed by atoms with Gasteiger partial charge in [0.25, 0.3) is 0 Å². The number of nitrogens with zero attached hydrogens (tertiary/aromatic N) is 1. The van der Waals surface area contributed by atoms with Crippen LogP contribution in [0, 0.1) is 0 Å². The minimum atomic E-state index is -0.738. The van der Waals surface area contributed by atoms with E-state index in [1.807, 2.05) is 32.3 Å². The van der Waals surface area contributed by atoms with Crippen LogP contribution in [-0.2, 0) is 16.8 Å². The highest BCUT2D eigenvalue weighted by Crippen LogP contribution is 2.54. The number of carboxylic acids is 1. The van der Waals surface area contributed by atoms with Crippen molar-refractivity contribution in [3.63, 3.8) is 0 Å². The van der Waals surface area contributed by atoms with Crippen LogP contribution in [0.25, 0.3) is 0 Å². The van der Waals surface area contributed by atoms with E-state index in [1.54, 1.807) is 7.11 Å². The van der Waals surface area contributed by atoms with Gasteiger partial charge in [-0.05, 0) is 26.9 Å². The summed E-state index contributed by atoms with van der Waals surface area (Å²) in [5.41, 5.74) is 1.96. The van der Waals surface area contributed by atoms with E-state index in [9.17, 15) is 4.79 Å². The molecule has 0 heterocycles. The third kappa shape index (κ3) is 2.89. The summed E-state index contributed by atoms with van der Waals surface area (Å²) in [7, 11) is 5.68. The molecule has 1 aliphatic carbocycles. The van der Waals surface area contributed by atoms with E-state index in [1.165, 1.54) is 0 Å². The van der Waals surface area contributed by atoms with Crippen molar-refractivity contribution in [3.8, 4) is 5.75 Å². The molecule has 0 unspecified atom stereocenters. The minimum absolute atomic E-state index is 0.189. The van der Waals surface area contributed by atoms with E-state index in [-0.39, 0.29) is 11.8 Å². The largest absolute Gasteiger partial charge is 0.496 e. The Balaban J connectivity index is 2.38. The summed E-state index contributed by atoms with van der Waals surface area (Å²) in [5, 5.41) is 9.08. The number of carbonyl (C=O) groups is 1. The molecule has 19 heavy (non-hydrogen) atoms. The molecule has 4 nitrogen and oxygen atoms in total. The zero-order valence-electron chi connectivity index (χ0n) is 11.8. The Labute approximate surface area is 114 Å². The molecule has 0 spiro atoms. The highest BCUT2D eigenvalue weighted by molar-refractivity contribution is 5.70. The molecule has 2 rings (SSSR count). The second-order valence-electron chi connectivity index (χ2n) is 5.59. The molecule has 1 N–H and O–H groups in total. The SMILES string of the molecule is COc1c(CN(C)C)cccc1C1(CC(=O)O)CC1. The maximum Gasteiger partial charge on any atom is 0.304 e. The van der Waals surface area contributed by atoms with Crippen molar-refractivity contribution in [2.75, 3.05) is 21.2 Å². The van der Waals surface area contributed by atoms with Crippen LogP contribution in [-0.4, -0.2) is 37.2 Å². The Hall–Kier alpha value is -1.55. The fourth-order valence-electron chi connectivity index (χ4n) is 2.69. The first-order valence-electron chi connectivity index (χ1n) is 6.51. The van der Waals surface area contributed by atoms with Gasteiger partial charge in [-0.1, -0.05) is 18.2 Å². The summed E-state index contributed by atoms with van der Waals surface area (Å²) in [4.78, 5) is 13.1. The summed E-state index contributed by atoms with van der Waals surface area (Å²) in [5.74, 6) is 0.118. The van der Waals surface area contributed by atoms with Gasteiger partial charge in [-0.2, -0.15) is 0 Å². The normalized spacial score (nSPS) is 16.4. The number of benzene rings is 1. The zero-order valence-corrected chi connectivity index (χ0v) is 11.8. The van der Waals surface area contributed by atoms with Crippen LogP contribution in [0.4, 0.5) is 0 Å². The molecular formula is C15H21NO3. The third-order valence-corrected chi connectivity index (χ3v) is 3.70. The van der Waals surface area contributed by atoms with Gasteiger partial charge in [0.15, 0.2) is 0 Å². The number of para-hydroxylation sites is 1. The van der Waals surface area contributed by atoms with Crippen LogP contribution in [0.1, 0.15) is 30.4 Å². The second kappa shape index (κ2) is 5.21. The average Bonchev–Trinajstić information content (AvgIpc) is 3.08. The molecular weight excluding hydrogens is 242 g/mol. The molecule has 0 aromatic heterocycles. The number of carboxylic acid groups (broad SMARTS) is 1. The molecule has 0 aliphatic heterocycles. The molecule has 104 valence electrons. The zero-order chi connectivity index (χ0) is 14.0. The van der Waals surface area contributed by atoms with Crippen LogP contribution < -0.4 is 4.74 Å². The molecule has 0 atom stereocenters. The standard InChI is InChI=1S/C15H21NO3/c1-16(2)10-11-5-4-6-12(14(11)19-3)15(7-8-15)9-13(17)18/h4-6H,7-10H2,1-3H3,(H,17,18). The molecule has 4 heteroatoms. The van der Waals surface area contributed by atoms with E-state index in [4.69, 9.17) is 9.84 Å². The fraction of sp³-hybridized carbons (Fsp3) is 0.533. The lowest BCUT2D eigenvalue weighted by Gasteiger charge is -2.21. The fourth-order valence-corrected chi connectivity index (χ4v) is 2.69. The van der Waals surface area contributed by atoms with Gasteiger partial charge >= 0.3 is 5.97 Å². The molecule has 1 aliphatic rings. The van der Waals surface area contributed by atoms with Crippen LogP contribution in [0.3, 0.4) is 0 Å². The van der Waals surface area contributed by atoms with Gasteiger partial charge in [0.2, 0.25) is 0 Å². The van der Waals surface area contributed by atoms with Crippen LogP contribution >= 0.6 is 0 Å². The summed E-state index contributed by atoms with van der Waals surface area (Å²) >= 11 is 0. The maximum absolute atomic E-state index is 11.0. The van der Waals surface area contributed by atoms with Crippen molar-refractivity contribution in [1.82, 2.24) is 4.90 Å². The first-order chi connectivity index (χ1) is 8.98. The Morgan fingerprint density at radius 2 is 2.11 bits per heavy atom. The van der Waals surface area contributed by atoms with Crippen molar-refractivity contribution < 1.29 is 14.6 Å². The highest BCUT2D eigenvalue weighted by atomic mass is 16.5. The molecule has 1 saturated carbocycles. The topological polar surface area (TPSA) is 49.8 Å². The second-order valence-corrected chi connectivity index (χ2v) is 5.59. The smallest absolute Gasteiger partial charge is 0.304 e. The number of aliphatic carboxylic acids is 1. The van der Waals surface area contributed by atoms with Crippen molar-refractivity contribution in [1.29, 1.82) is 0 Å². The van der Waals surface area contributed by atoms with Gasteiger partial charge in [-0.15, -0.1) is 0 Å². The van der Waals surface area contributed by atoms with Crippen LogP contribution in [0.5, 0.6) is 5.75 Å². The van der Waals surface area contributed by atoms with Crippen molar-refractivity contribution in [2.45, 2.75) is 31.2 Å². The number of methoxy groups -OCH3 is 1. The van der Waals surface area contributed by atoms with Crippen molar-refractivity contribution >= 4 is 5.97 Å². The average molecular weight is 263 g/mol. The first kappa shape index (κ1) is 13.9. The van der Waals surface area contributed by atoms with Gasteiger partial charge in [-0.3, -0.25) is 4.79 Å². The Morgan fingerprint density at radius 3 is 2.58 bits per heavy atom. The monoisotopic (exact) mass is 263 g/mol. The number of hydrogen-bond donors (Lipinski definition) is 1. The lowest BCUT2D eigenvalue weighted by atomic mass is 9.90. The Morgan fingerprint density at radius 1 is 1.42 bits per heavy atom. The van der Waals surface area contributed by atoms with Crippen molar-refractivity contribution in [3.05, 3.63) is 29.3 Å². The van der Waals surface area contributed by atoms with E-state index >= 15 is 0 Å². The van der Waals surface area contributed by atoms with Crippen molar-refractivity contribution in [2.24, 2.45) is 0 Å². The number of rotatable bonds is 6. The molecule has 0 amide bonds. The molecule has 1 aromatic carbocycles. The first-order valence-corrected chi connectivity index (χ1v) is 6.51. The summed E-state index contributed by atoms with van der Waals surface area (Å²) in [6.45, 7) is 0.792. The van der Waals surface area contributed by atoms with Crippen LogP contribution in [0.2, 0.25) is 0 Å². The molecule has 1 fully saturated rings. The Kier molecular flexibility index (Phi) is 3.80. The quantitative estimate of drug-likeness (QED) is 0.855. The Bertz CT molecular complexity index is 478. The molecule has 0 saturated heterocycles. The van der Waals surface area contributed by atoms with Gasteiger partial charge < -0.3 is 14.7 Å². The van der Waals surface area contributed by atoms with Gasteiger partial charge in [0.1, 0.15) is 5.75 Å². The molecule has 0 bridgehead atoms. The van der Waals surface area contributed by atoms with E-state index in [0.29, 0.717) is 0 Å². The minimum Gasteiger partial charge on any atom is -0.496 e. The number of hydrogen-bond acceptors (Lipinski definition) is 3. The summed E-state index contributed by atoms with van der Waals surface area (Å²) in [6.07, 6.45) is 2.05. The maximum atomic E-state index is 11.0. The van der Waals surface area contributed by atoms with E-state index in [2.05, 4.69) is 4.90 Å². The molecule has 1 aromatic rings. The lowest BCUT2D eigenvalue weighted by Crippen LogP contribution is -2.17. The predicted octanol–water partition coefficient (Wildman–Crippen LogP) is 2.26. The highest BCUT2D eigenvalue weighted by Gasteiger charge is 2.48. The van der Waals surface area contributed by atoms with E-state index in [0.717, 1.165) is 36.3 Å². The van der Waals surface area contributed by atoms with Crippen LogP contribution in [0.15, 0.2) is 18.2 Å². The van der Waals surface area contributed by atoms with Gasteiger partial charge in [0, 0.05) is 23.1 Å². The third-order valence-electron chi connectivity index (χ3n) is 3.70. The lowest BCUT2D eigenvalue weighted by molar-refractivity contribution is -0.137. The summed E-state index contributed by atoms with van der Waals surface area (Å²) in [6, 6.07) is 6.05. The predicted molar refractivity (Wildman–Crippen MR) is 73.5 cm³/mol. The number of ether oxygens (including phenoxy) is 1. The van der Waals surface area contributed by atoms with E-state index < -0.39 is 5.97 Å². The van der Waals surface area contributed by atoms with Gasteiger partial charge in [0.05, 0.1) is 13.5 Å². The van der Waals surface area contributed by atoms with Gasteiger partial charge in [-0.25, -0.2) is 0 Å². The molecule has 0 radical (unpaired) electrons. The summed E-state index contributed by atoms with van der Waals surface area (Å²) < 4.78 is 5.57.